The predicted octanol–water partition coefficient (Wildman–Crippen LogP) is 4.31. The zero-order valence-corrected chi connectivity index (χ0v) is 17.1. The van der Waals surface area contributed by atoms with Gasteiger partial charge in [0.25, 0.3) is 5.91 Å². The number of aliphatic carboxylic acids is 1. The number of carbonyl (C=O) groups is 2. The van der Waals surface area contributed by atoms with Gasteiger partial charge in [0, 0.05) is 12.0 Å². The summed E-state index contributed by atoms with van der Waals surface area (Å²) < 4.78 is 5.76. The predicted molar refractivity (Wildman–Crippen MR) is 116 cm³/mol. The molecule has 5 heteroatoms. The van der Waals surface area contributed by atoms with Crippen LogP contribution in [0.25, 0.3) is 0 Å². The standard InChI is InChI=1S/C25H25NO4/c1-17-12-18(2)14-21(13-17)24(27)26-23(25(28)29)15-19-8-10-22(11-9-19)30-16-20-6-4-3-5-7-20/h3-14,23H,15-16H2,1-2H3,(H,26,27)(H,28,29)/t23-/m1/s1. The minimum absolute atomic E-state index is 0.185. The number of hydrogen-bond acceptors (Lipinski definition) is 3. The fraction of sp³-hybridized carbons (Fsp3) is 0.200. The van der Waals surface area contributed by atoms with Gasteiger partial charge in [0.05, 0.1) is 0 Å². The Kier molecular flexibility index (Phi) is 6.86. The fourth-order valence-electron chi connectivity index (χ4n) is 3.25. The van der Waals surface area contributed by atoms with Crippen LogP contribution in [0.5, 0.6) is 5.75 Å². The minimum Gasteiger partial charge on any atom is -0.489 e. The zero-order valence-electron chi connectivity index (χ0n) is 17.1. The van der Waals surface area contributed by atoms with Gasteiger partial charge in [-0.2, -0.15) is 0 Å². The van der Waals surface area contributed by atoms with E-state index in [4.69, 9.17) is 4.74 Å². The molecule has 0 aromatic heterocycles. The molecule has 0 fully saturated rings. The molecule has 1 amide bonds. The van der Waals surface area contributed by atoms with Crippen LogP contribution in [0, 0.1) is 13.8 Å². The number of aryl methyl sites for hydroxylation is 2. The summed E-state index contributed by atoms with van der Waals surface area (Å²) in [6.07, 6.45) is 0.185. The van der Waals surface area contributed by atoms with Crippen molar-refractivity contribution in [1.29, 1.82) is 0 Å². The first-order valence-electron chi connectivity index (χ1n) is 9.78. The summed E-state index contributed by atoms with van der Waals surface area (Å²) in [6, 6.07) is 21.6. The Labute approximate surface area is 176 Å². The van der Waals surface area contributed by atoms with Gasteiger partial charge in [-0.25, -0.2) is 4.79 Å². The van der Waals surface area contributed by atoms with E-state index in [1.807, 2.05) is 74.5 Å². The number of carboxylic acid groups (broad SMARTS) is 1. The molecule has 3 aromatic rings. The number of benzene rings is 3. The zero-order chi connectivity index (χ0) is 21.5. The molecule has 5 nitrogen and oxygen atoms in total. The van der Waals surface area contributed by atoms with Gasteiger partial charge in [0.1, 0.15) is 18.4 Å². The summed E-state index contributed by atoms with van der Waals surface area (Å²) in [6.45, 7) is 4.27. The quantitative estimate of drug-likeness (QED) is 0.588. The lowest BCUT2D eigenvalue weighted by atomic mass is 10.0. The average Bonchev–Trinajstić information content (AvgIpc) is 2.72. The number of ether oxygens (including phenoxy) is 1. The number of amides is 1. The molecule has 0 unspecified atom stereocenters. The van der Waals surface area contributed by atoms with E-state index in [9.17, 15) is 14.7 Å². The fourth-order valence-corrected chi connectivity index (χ4v) is 3.25. The Bertz CT molecular complexity index is 993. The first kappa shape index (κ1) is 21.1. The second-order valence-corrected chi connectivity index (χ2v) is 7.36. The van der Waals surface area contributed by atoms with Crippen LogP contribution in [0.1, 0.15) is 32.6 Å². The average molecular weight is 403 g/mol. The third kappa shape index (κ3) is 5.95. The molecule has 0 aliphatic rings. The van der Waals surface area contributed by atoms with Crippen molar-refractivity contribution in [3.63, 3.8) is 0 Å². The maximum atomic E-state index is 12.5. The number of carbonyl (C=O) groups excluding carboxylic acids is 1. The van der Waals surface area contributed by atoms with E-state index >= 15 is 0 Å². The van der Waals surface area contributed by atoms with Gasteiger partial charge in [-0.3, -0.25) is 4.79 Å². The third-order valence-electron chi connectivity index (χ3n) is 4.70. The van der Waals surface area contributed by atoms with E-state index in [-0.39, 0.29) is 6.42 Å². The molecule has 0 spiro atoms. The molecule has 1 atom stereocenters. The van der Waals surface area contributed by atoms with Crippen molar-refractivity contribution in [3.8, 4) is 5.75 Å². The van der Waals surface area contributed by atoms with Crippen molar-refractivity contribution in [3.05, 3.63) is 101 Å². The molecule has 3 rings (SSSR count). The van der Waals surface area contributed by atoms with Gasteiger partial charge < -0.3 is 15.2 Å². The molecule has 0 heterocycles. The Balaban J connectivity index is 1.62. The van der Waals surface area contributed by atoms with E-state index in [0.29, 0.717) is 17.9 Å². The Morgan fingerprint density at radius 2 is 1.53 bits per heavy atom. The summed E-state index contributed by atoms with van der Waals surface area (Å²) in [4.78, 5) is 24.2. The summed E-state index contributed by atoms with van der Waals surface area (Å²) in [5.41, 5.74) is 4.25. The van der Waals surface area contributed by atoms with Crippen molar-refractivity contribution >= 4 is 11.9 Å². The summed E-state index contributed by atoms with van der Waals surface area (Å²) in [5.74, 6) is -0.761. The smallest absolute Gasteiger partial charge is 0.326 e. The maximum Gasteiger partial charge on any atom is 0.326 e. The molecule has 0 radical (unpaired) electrons. The van der Waals surface area contributed by atoms with E-state index in [1.54, 1.807) is 12.1 Å². The van der Waals surface area contributed by atoms with Gasteiger partial charge >= 0.3 is 5.97 Å². The Morgan fingerprint density at radius 1 is 0.900 bits per heavy atom. The summed E-state index contributed by atoms with van der Waals surface area (Å²) >= 11 is 0. The molecule has 30 heavy (non-hydrogen) atoms. The maximum absolute atomic E-state index is 12.5. The van der Waals surface area contributed by atoms with Crippen LogP contribution in [0.3, 0.4) is 0 Å². The topological polar surface area (TPSA) is 75.6 Å². The van der Waals surface area contributed by atoms with E-state index in [1.165, 1.54) is 0 Å². The van der Waals surface area contributed by atoms with Crippen LogP contribution >= 0.6 is 0 Å². The van der Waals surface area contributed by atoms with Gasteiger partial charge in [-0.15, -0.1) is 0 Å². The number of nitrogens with one attached hydrogen (secondary N) is 1. The number of rotatable bonds is 8. The largest absolute Gasteiger partial charge is 0.489 e. The molecule has 0 aliphatic carbocycles. The van der Waals surface area contributed by atoms with Crippen LogP contribution in [0.2, 0.25) is 0 Å². The second-order valence-electron chi connectivity index (χ2n) is 7.36. The molecular formula is C25H25NO4. The molecule has 0 bridgehead atoms. The molecule has 2 N–H and O–H groups in total. The lowest BCUT2D eigenvalue weighted by molar-refractivity contribution is -0.139. The van der Waals surface area contributed by atoms with Gasteiger partial charge in [0.15, 0.2) is 0 Å². The molecular weight excluding hydrogens is 378 g/mol. The van der Waals surface area contributed by atoms with Crippen molar-refractivity contribution in [2.75, 3.05) is 0 Å². The normalized spacial score (nSPS) is 11.5. The van der Waals surface area contributed by atoms with Crippen LogP contribution in [-0.2, 0) is 17.8 Å². The van der Waals surface area contributed by atoms with Crippen molar-refractivity contribution in [2.24, 2.45) is 0 Å². The lowest BCUT2D eigenvalue weighted by Crippen LogP contribution is -2.42. The molecule has 0 aliphatic heterocycles. The van der Waals surface area contributed by atoms with Crippen molar-refractivity contribution in [2.45, 2.75) is 32.9 Å². The number of hydrogen-bond donors (Lipinski definition) is 2. The summed E-state index contributed by atoms with van der Waals surface area (Å²) in [5, 5.41) is 12.2. The lowest BCUT2D eigenvalue weighted by Gasteiger charge is -2.16. The summed E-state index contributed by atoms with van der Waals surface area (Å²) in [7, 11) is 0. The monoisotopic (exact) mass is 403 g/mol. The third-order valence-corrected chi connectivity index (χ3v) is 4.70. The molecule has 0 saturated carbocycles. The Morgan fingerprint density at radius 3 is 2.13 bits per heavy atom. The van der Waals surface area contributed by atoms with Crippen LogP contribution < -0.4 is 10.1 Å². The first-order chi connectivity index (χ1) is 14.4. The van der Waals surface area contributed by atoms with E-state index < -0.39 is 17.9 Å². The van der Waals surface area contributed by atoms with E-state index in [0.717, 1.165) is 22.3 Å². The van der Waals surface area contributed by atoms with Crippen molar-refractivity contribution in [1.82, 2.24) is 5.32 Å². The highest BCUT2D eigenvalue weighted by Crippen LogP contribution is 2.16. The minimum atomic E-state index is -1.07. The molecule has 0 saturated heterocycles. The van der Waals surface area contributed by atoms with Crippen LogP contribution in [-0.4, -0.2) is 23.0 Å². The van der Waals surface area contributed by atoms with Gasteiger partial charge in [-0.05, 0) is 49.2 Å². The highest BCUT2D eigenvalue weighted by atomic mass is 16.5. The van der Waals surface area contributed by atoms with Gasteiger partial charge in [0.2, 0.25) is 0 Å². The van der Waals surface area contributed by atoms with Crippen LogP contribution in [0.15, 0.2) is 72.8 Å². The first-order valence-corrected chi connectivity index (χ1v) is 9.78. The van der Waals surface area contributed by atoms with E-state index in [2.05, 4.69) is 5.32 Å². The van der Waals surface area contributed by atoms with Gasteiger partial charge in [-0.1, -0.05) is 59.7 Å². The van der Waals surface area contributed by atoms with Crippen LogP contribution in [0.4, 0.5) is 0 Å². The number of carboxylic acids is 1. The highest BCUT2D eigenvalue weighted by Gasteiger charge is 2.21. The molecule has 3 aromatic carbocycles. The molecule has 154 valence electrons. The Hall–Kier alpha value is -3.60. The highest BCUT2D eigenvalue weighted by molar-refractivity contribution is 5.97. The SMILES string of the molecule is Cc1cc(C)cc(C(=O)N[C@H](Cc2ccc(OCc3ccccc3)cc2)C(=O)O)c1. The second kappa shape index (κ2) is 9.74. The van der Waals surface area contributed by atoms with Crippen molar-refractivity contribution < 1.29 is 19.4 Å².